The summed E-state index contributed by atoms with van der Waals surface area (Å²) in [7, 11) is 0. The van der Waals surface area contributed by atoms with Gasteiger partial charge in [-0.05, 0) is 42.9 Å². The minimum Gasteiger partial charge on any atom is -0.396 e. The molecule has 1 aliphatic carbocycles. The minimum absolute atomic E-state index is 0.211. The number of benzene rings is 1. The van der Waals surface area contributed by atoms with E-state index < -0.39 is 5.82 Å². The number of nitrogens with zero attached hydrogens (tertiary/aromatic N) is 1. The zero-order valence-electron chi connectivity index (χ0n) is 10.2. The van der Waals surface area contributed by atoms with Gasteiger partial charge in [0.15, 0.2) is 0 Å². The topological polar surface area (TPSA) is 56.0 Å². The number of nitrogens with one attached hydrogen (secondary N) is 1. The van der Waals surface area contributed by atoms with Crippen LogP contribution in [0.3, 0.4) is 0 Å². The molecule has 0 aromatic heterocycles. The van der Waals surface area contributed by atoms with E-state index in [2.05, 4.69) is 5.32 Å². The van der Waals surface area contributed by atoms with Gasteiger partial charge in [0.25, 0.3) is 0 Å². The molecule has 2 atom stereocenters. The van der Waals surface area contributed by atoms with Crippen LogP contribution in [0.15, 0.2) is 18.2 Å². The van der Waals surface area contributed by atoms with Crippen molar-refractivity contribution in [1.29, 1.82) is 5.26 Å². The van der Waals surface area contributed by atoms with Gasteiger partial charge in [-0.15, -0.1) is 0 Å². The van der Waals surface area contributed by atoms with Crippen molar-refractivity contribution in [2.75, 3.05) is 18.5 Å². The fourth-order valence-corrected chi connectivity index (χ4v) is 2.59. The lowest BCUT2D eigenvalue weighted by molar-refractivity contribution is 0.199. The van der Waals surface area contributed by atoms with Gasteiger partial charge in [0.1, 0.15) is 5.82 Å². The van der Waals surface area contributed by atoms with Crippen LogP contribution in [0.2, 0.25) is 0 Å². The third-order valence-electron chi connectivity index (χ3n) is 3.70. The first-order valence-corrected chi connectivity index (χ1v) is 6.29. The molecule has 96 valence electrons. The van der Waals surface area contributed by atoms with E-state index in [-0.39, 0.29) is 6.61 Å². The maximum Gasteiger partial charge on any atom is 0.147 e. The molecular formula is C14H17FN2O. The predicted molar refractivity (Wildman–Crippen MR) is 67.5 cm³/mol. The molecule has 2 unspecified atom stereocenters. The van der Waals surface area contributed by atoms with Gasteiger partial charge in [0.2, 0.25) is 0 Å². The molecule has 0 amide bonds. The molecule has 1 aliphatic rings. The first-order chi connectivity index (χ1) is 8.74. The number of hydrogen-bond acceptors (Lipinski definition) is 3. The molecule has 1 saturated carbocycles. The molecule has 0 heterocycles. The Morgan fingerprint density at radius 2 is 2.17 bits per heavy atom. The summed E-state index contributed by atoms with van der Waals surface area (Å²) in [5.41, 5.74) is 0.754. The molecule has 3 nitrogen and oxygen atoms in total. The van der Waals surface area contributed by atoms with Crippen LogP contribution >= 0.6 is 0 Å². The third kappa shape index (κ3) is 2.80. The van der Waals surface area contributed by atoms with Crippen molar-refractivity contribution >= 4 is 5.69 Å². The van der Waals surface area contributed by atoms with E-state index in [0.29, 0.717) is 29.6 Å². The van der Waals surface area contributed by atoms with Gasteiger partial charge in [0.05, 0.1) is 17.3 Å². The molecule has 1 aromatic carbocycles. The second kappa shape index (κ2) is 5.83. The summed E-state index contributed by atoms with van der Waals surface area (Å²) >= 11 is 0. The van der Waals surface area contributed by atoms with E-state index in [1.165, 1.54) is 6.07 Å². The summed E-state index contributed by atoms with van der Waals surface area (Å²) in [6.07, 6.45) is 3.27. The molecule has 0 radical (unpaired) electrons. The highest BCUT2D eigenvalue weighted by Gasteiger charge is 2.26. The Bertz CT molecular complexity index is 456. The molecule has 4 heteroatoms. The zero-order valence-corrected chi connectivity index (χ0v) is 10.2. The van der Waals surface area contributed by atoms with Crippen LogP contribution in [-0.2, 0) is 0 Å². The van der Waals surface area contributed by atoms with Gasteiger partial charge in [-0.1, -0.05) is 6.42 Å². The van der Waals surface area contributed by atoms with Crippen molar-refractivity contribution in [1.82, 2.24) is 0 Å². The fraction of sp³-hybridized carbons (Fsp3) is 0.500. The van der Waals surface area contributed by atoms with Crippen LogP contribution in [0.25, 0.3) is 0 Å². The molecule has 0 aliphatic heterocycles. The Kier molecular flexibility index (Phi) is 4.16. The highest BCUT2D eigenvalue weighted by atomic mass is 19.1. The third-order valence-corrected chi connectivity index (χ3v) is 3.70. The SMILES string of the molecule is N#Cc1ccc(NCC2CCCC2CO)c(F)c1. The van der Waals surface area contributed by atoms with Crippen LogP contribution in [0.4, 0.5) is 10.1 Å². The van der Waals surface area contributed by atoms with Crippen molar-refractivity contribution in [2.24, 2.45) is 11.8 Å². The van der Waals surface area contributed by atoms with Crippen molar-refractivity contribution in [3.05, 3.63) is 29.6 Å². The van der Waals surface area contributed by atoms with Crippen LogP contribution in [-0.4, -0.2) is 18.3 Å². The largest absolute Gasteiger partial charge is 0.396 e. The summed E-state index contributed by atoms with van der Waals surface area (Å²) in [5.74, 6) is 0.344. The van der Waals surface area contributed by atoms with Crippen molar-refractivity contribution in [3.8, 4) is 6.07 Å². The number of rotatable bonds is 4. The number of hydrogen-bond donors (Lipinski definition) is 2. The van der Waals surface area contributed by atoms with E-state index in [1.54, 1.807) is 12.1 Å². The molecule has 0 spiro atoms. The molecule has 0 bridgehead atoms. The Hall–Kier alpha value is -1.60. The molecule has 2 rings (SSSR count). The van der Waals surface area contributed by atoms with Gasteiger partial charge in [0, 0.05) is 13.2 Å². The van der Waals surface area contributed by atoms with Gasteiger partial charge < -0.3 is 10.4 Å². The van der Waals surface area contributed by atoms with Gasteiger partial charge in [-0.2, -0.15) is 5.26 Å². The maximum absolute atomic E-state index is 13.6. The summed E-state index contributed by atoms with van der Waals surface area (Å²) in [6.45, 7) is 0.885. The molecule has 18 heavy (non-hydrogen) atoms. The van der Waals surface area contributed by atoms with Crippen molar-refractivity contribution in [3.63, 3.8) is 0 Å². The lowest BCUT2D eigenvalue weighted by Gasteiger charge is -2.18. The predicted octanol–water partition coefficient (Wildman–Crippen LogP) is 2.52. The summed E-state index contributed by atoms with van der Waals surface area (Å²) < 4.78 is 13.6. The molecule has 1 aromatic rings. The van der Waals surface area contributed by atoms with E-state index in [9.17, 15) is 9.50 Å². The lowest BCUT2D eigenvalue weighted by atomic mass is 9.97. The maximum atomic E-state index is 13.6. The van der Waals surface area contributed by atoms with Crippen LogP contribution in [0.5, 0.6) is 0 Å². The molecule has 0 saturated heterocycles. The monoisotopic (exact) mass is 248 g/mol. The number of aliphatic hydroxyl groups is 1. The second-order valence-corrected chi connectivity index (χ2v) is 4.82. The Balaban J connectivity index is 1.96. The smallest absolute Gasteiger partial charge is 0.147 e. The second-order valence-electron chi connectivity index (χ2n) is 4.82. The van der Waals surface area contributed by atoms with Gasteiger partial charge >= 0.3 is 0 Å². The Morgan fingerprint density at radius 3 is 2.83 bits per heavy atom. The van der Waals surface area contributed by atoms with Crippen LogP contribution in [0.1, 0.15) is 24.8 Å². The quantitative estimate of drug-likeness (QED) is 0.860. The van der Waals surface area contributed by atoms with Crippen molar-refractivity contribution < 1.29 is 9.50 Å². The zero-order chi connectivity index (χ0) is 13.0. The molecular weight excluding hydrogens is 231 g/mol. The number of halogens is 1. The van der Waals surface area contributed by atoms with Gasteiger partial charge in [-0.25, -0.2) is 4.39 Å². The molecule has 2 N–H and O–H groups in total. The Labute approximate surface area is 106 Å². The average Bonchev–Trinajstić information content (AvgIpc) is 2.84. The van der Waals surface area contributed by atoms with E-state index >= 15 is 0 Å². The molecule has 1 fully saturated rings. The van der Waals surface area contributed by atoms with E-state index in [0.717, 1.165) is 19.3 Å². The van der Waals surface area contributed by atoms with Gasteiger partial charge in [-0.3, -0.25) is 0 Å². The minimum atomic E-state index is -0.396. The number of aliphatic hydroxyl groups excluding tert-OH is 1. The standard InChI is InChI=1S/C14H17FN2O/c15-13-6-10(7-16)4-5-14(13)17-8-11-2-1-3-12(11)9-18/h4-6,11-12,17-18H,1-3,8-9H2. The Morgan fingerprint density at radius 1 is 1.39 bits per heavy atom. The number of anilines is 1. The summed E-state index contributed by atoms with van der Waals surface area (Å²) in [4.78, 5) is 0. The summed E-state index contributed by atoms with van der Waals surface area (Å²) in [5, 5.41) is 21.0. The number of nitriles is 1. The highest BCUT2D eigenvalue weighted by molar-refractivity contribution is 5.48. The van der Waals surface area contributed by atoms with Crippen LogP contribution < -0.4 is 5.32 Å². The van der Waals surface area contributed by atoms with E-state index in [4.69, 9.17) is 5.26 Å². The first-order valence-electron chi connectivity index (χ1n) is 6.29. The normalized spacial score (nSPS) is 22.7. The highest BCUT2D eigenvalue weighted by Crippen LogP contribution is 2.31. The first kappa shape index (κ1) is 12.8. The summed E-state index contributed by atoms with van der Waals surface area (Å²) in [6, 6.07) is 6.34. The van der Waals surface area contributed by atoms with E-state index in [1.807, 2.05) is 6.07 Å². The van der Waals surface area contributed by atoms with Crippen LogP contribution in [0, 0.1) is 29.0 Å². The fourth-order valence-electron chi connectivity index (χ4n) is 2.59. The lowest BCUT2D eigenvalue weighted by Crippen LogP contribution is -2.21. The average molecular weight is 248 g/mol. The van der Waals surface area contributed by atoms with Crippen molar-refractivity contribution in [2.45, 2.75) is 19.3 Å².